The van der Waals surface area contributed by atoms with Gasteiger partial charge in [-0.2, -0.15) is 5.10 Å². The summed E-state index contributed by atoms with van der Waals surface area (Å²) in [5.41, 5.74) is 1.07. The lowest BCUT2D eigenvalue weighted by Gasteiger charge is -2.13. The molecule has 0 unspecified atom stereocenters. The van der Waals surface area contributed by atoms with Crippen LogP contribution in [0.15, 0.2) is 63.6 Å². The largest absolute Gasteiger partial charge is 0.490 e. The molecule has 33 heavy (non-hydrogen) atoms. The van der Waals surface area contributed by atoms with E-state index >= 15 is 0 Å². The number of carbonyl (C=O) groups is 3. The number of nitrogens with one attached hydrogen (secondary N) is 1. The first-order chi connectivity index (χ1) is 15.9. The number of benzene rings is 2. The van der Waals surface area contributed by atoms with Gasteiger partial charge in [-0.1, -0.05) is 18.2 Å². The van der Waals surface area contributed by atoms with Gasteiger partial charge in [0, 0.05) is 6.08 Å². The van der Waals surface area contributed by atoms with Crippen molar-refractivity contribution < 1.29 is 28.6 Å². The third kappa shape index (κ3) is 6.65. The van der Waals surface area contributed by atoms with Gasteiger partial charge in [-0.05, 0) is 71.1 Å². The first-order valence-electron chi connectivity index (χ1n) is 9.54. The molecule has 0 atom stereocenters. The van der Waals surface area contributed by atoms with Crippen LogP contribution in [0, 0.1) is 3.57 Å². The summed E-state index contributed by atoms with van der Waals surface area (Å²) in [6, 6.07) is 12.1. The Morgan fingerprint density at radius 1 is 1.21 bits per heavy atom. The predicted molar refractivity (Wildman–Crippen MR) is 133 cm³/mol. The Bertz CT molecular complexity index is 1160. The summed E-state index contributed by atoms with van der Waals surface area (Å²) in [7, 11) is 1.22. The van der Waals surface area contributed by atoms with Crippen molar-refractivity contribution in [2.24, 2.45) is 10.2 Å². The molecule has 9 nitrogen and oxygen atoms in total. The Kier molecular flexibility index (Phi) is 8.60. The zero-order valence-electron chi connectivity index (χ0n) is 17.5. The molecule has 0 aliphatic carbocycles. The minimum absolute atomic E-state index is 0.161. The van der Waals surface area contributed by atoms with E-state index in [9.17, 15) is 14.4 Å². The highest BCUT2D eigenvalue weighted by molar-refractivity contribution is 14.1. The summed E-state index contributed by atoms with van der Waals surface area (Å²) in [6.45, 7) is 2.19. The van der Waals surface area contributed by atoms with E-state index in [1.807, 2.05) is 35.6 Å². The summed E-state index contributed by atoms with van der Waals surface area (Å²) >= 11 is 3.02. The Morgan fingerprint density at radius 2 is 1.97 bits per heavy atom. The lowest BCUT2D eigenvalue weighted by molar-refractivity contribution is -0.135. The number of amides is 1. The second-order valence-corrected chi connectivity index (χ2v) is 8.45. The molecular weight excluding hydrogens is 561 g/mol. The molecule has 0 radical (unpaired) electrons. The highest BCUT2D eigenvalue weighted by Crippen LogP contribution is 2.34. The molecule has 3 rings (SSSR count). The zero-order chi connectivity index (χ0) is 23.8. The van der Waals surface area contributed by atoms with Gasteiger partial charge >= 0.3 is 11.9 Å². The average molecular weight is 579 g/mol. The summed E-state index contributed by atoms with van der Waals surface area (Å²) in [5.74, 6) is -0.895. The highest BCUT2D eigenvalue weighted by Gasteiger charge is 2.25. The molecule has 0 saturated carbocycles. The number of ether oxygens (including phenoxy) is 3. The lowest BCUT2D eigenvalue weighted by Crippen LogP contribution is -2.19. The van der Waals surface area contributed by atoms with Gasteiger partial charge in [0.1, 0.15) is 0 Å². The summed E-state index contributed by atoms with van der Waals surface area (Å²) in [5, 5.41) is 10.7. The monoisotopic (exact) mass is 579 g/mol. The molecule has 1 heterocycles. The topological polar surface area (TPSA) is 116 Å². The maximum absolute atomic E-state index is 12.5. The number of hydrogen-bond acceptors (Lipinski definition) is 9. The second-order valence-electron chi connectivity index (χ2n) is 6.26. The molecule has 170 valence electrons. The van der Waals surface area contributed by atoms with E-state index in [1.165, 1.54) is 13.3 Å². The van der Waals surface area contributed by atoms with Crippen LogP contribution in [0.5, 0.6) is 11.5 Å². The summed E-state index contributed by atoms with van der Waals surface area (Å²) < 4.78 is 16.4. The van der Waals surface area contributed by atoms with E-state index < -0.39 is 17.8 Å². The van der Waals surface area contributed by atoms with Gasteiger partial charge in [0.05, 0.1) is 34.0 Å². The van der Waals surface area contributed by atoms with E-state index in [4.69, 9.17) is 9.47 Å². The summed E-state index contributed by atoms with van der Waals surface area (Å²) in [6.07, 6.45) is 2.55. The van der Waals surface area contributed by atoms with Crippen molar-refractivity contribution in [3.8, 4) is 11.5 Å². The Labute approximate surface area is 207 Å². The number of methoxy groups -OCH3 is 1. The van der Waals surface area contributed by atoms with Gasteiger partial charge in [0.25, 0.3) is 5.91 Å². The van der Waals surface area contributed by atoms with Crippen LogP contribution in [0.1, 0.15) is 22.8 Å². The van der Waals surface area contributed by atoms with Crippen LogP contribution < -0.4 is 14.8 Å². The first-order valence-corrected chi connectivity index (χ1v) is 11.4. The molecule has 11 heteroatoms. The number of hydrogen-bond donors (Lipinski definition) is 1. The standard InChI is InChI=1S/C22H18IN3O6S/c1-3-31-16-10-13(9-15(23)19(16)32-21(29)14-7-5-4-6-8-14)12-24-26-22-25-20(28)17(33-22)11-18(27)30-2/h4-12H,3H2,1-2H3,(H,25,26,28)/b17-11+,24-12?. The molecule has 1 N–H and O–H groups in total. The smallest absolute Gasteiger partial charge is 0.343 e. The highest BCUT2D eigenvalue weighted by atomic mass is 127. The molecule has 0 spiro atoms. The Hall–Kier alpha value is -3.19. The van der Waals surface area contributed by atoms with E-state index in [-0.39, 0.29) is 10.1 Å². The van der Waals surface area contributed by atoms with E-state index in [1.54, 1.807) is 36.4 Å². The zero-order valence-corrected chi connectivity index (χ0v) is 20.5. The van der Waals surface area contributed by atoms with Crippen LogP contribution in [0.25, 0.3) is 0 Å². The Morgan fingerprint density at radius 3 is 2.67 bits per heavy atom. The molecular formula is C22H18IN3O6S. The Balaban J connectivity index is 1.78. The number of rotatable bonds is 7. The van der Waals surface area contributed by atoms with Crippen molar-refractivity contribution in [1.29, 1.82) is 0 Å². The minimum Gasteiger partial charge on any atom is -0.490 e. The molecule has 1 aliphatic rings. The van der Waals surface area contributed by atoms with Crippen LogP contribution >= 0.6 is 34.4 Å². The van der Waals surface area contributed by atoms with Crippen LogP contribution in [0.4, 0.5) is 0 Å². The number of amidine groups is 1. The van der Waals surface area contributed by atoms with E-state index in [0.29, 0.717) is 32.8 Å². The van der Waals surface area contributed by atoms with Crippen molar-refractivity contribution in [1.82, 2.24) is 5.32 Å². The van der Waals surface area contributed by atoms with Crippen LogP contribution in [-0.2, 0) is 14.3 Å². The quantitative estimate of drug-likeness (QED) is 0.133. The molecule has 1 fully saturated rings. The molecule has 0 bridgehead atoms. The number of thioether (sulfide) groups is 1. The van der Waals surface area contributed by atoms with Crippen molar-refractivity contribution in [2.75, 3.05) is 13.7 Å². The number of carbonyl (C=O) groups excluding carboxylic acids is 3. The lowest BCUT2D eigenvalue weighted by atomic mass is 10.2. The van der Waals surface area contributed by atoms with E-state index in [0.717, 1.165) is 17.8 Å². The van der Waals surface area contributed by atoms with Crippen molar-refractivity contribution in [2.45, 2.75) is 6.92 Å². The van der Waals surface area contributed by atoms with Gasteiger partial charge in [0.2, 0.25) is 0 Å². The average Bonchev–Trinajstić information content (AvgIpc) is 3.15. The second kappa shape index (κ2) is 11.6. The fourth-order valence-electron chi connectivity index (χ4n) is 2.54. The molecule has 2 aromatic carbocycles. The fourth-order valence-corrected chi connectivity index (χ4v) is 4.01. The van der Waals surface area contributed by atoms with Gasteiger partial charge in [-0.3, -0.25) is 10.1 Å². The first kappa shape index (κ1) is 24.5. The van der Waals surface area contributed by atoms with Gasteiger partial charge in [0.15, 0.2) is 16.7 Å². The molecule has 0 aromatic heterocycles. The molecule has 1 amide bonds. The maximum atomic E-state index is 12.5. The number of nitrogens with zero attached hydrogens (tertiary/aromatic N) is 2. The van der Waals surface area contributed by atoms with Crippen molar-refractivity contribution in [3.63, 3.8) is 0 Å². The van der Waals surface area contributed by atoms with Crippen LogP contribution in [0.3, 0.4) is 0 Å². The normalized spacial score (nSPS) is 15.7. The maximum Gasteiger partial charge on any atom is 0.343 e. The van der Waals surface area contributed by atoms with Crippen molar-refractivity contribution in [3.05, 3.63) is 68.1 Å². The summed E-state index contributed by atoms with van der Waals surface area (Å²) in [4.78, 5) is 35.8. The van der Waals surface area contributed by atoms with Gasteiger partial charge in [-0.15, -0.1) is 5.10 Å². The minimum atomic E-state index is -0.636. The SMILES string of the molecule is CCOc1cc(C=N/N=C2/NC(=O)/C(=C\C(=O)OC)S2)cc(I)c1OC(=O)c1ccccc1. The molecule has 1 aliphatic heterocycles. The number of esters is 2. The number of halogens is 1. The van der Waals surface area contributed by atoms with Gasteiger partial charge in [-0.25, -0.2) is 9.59 Å². The fraction of sp³-hybridized carbons (Fsp3) is 0.136. The third-order valence-electron chi connectivity index (χ3n) is 3.99. The molecule has 2 aromatic rings. The predicted octanol–water partition coefficient (Wildman–Crippen LogP) is 3.52. The van der Waals surface area contributed by atoms with Gasteiger partial charge < -0.3 is 14.2 Å². The van der Waals surface area contributed by atoms with Crippen LogP contribution in [0.2, 0.25) is 0 Å². The van der Waals surface area contributed by atoms with E-state index in [2.05, 4.69) is 20.3 Å². The van der Waals surface area contributed by atoms with Crippen LogP contribution in [-0.4, -0.2) is 42.9 Å². The van der Waals surface area contributed by atoms with Crippen molar-refractivity contribution >= 4 is 63.6 Å². The molecule has 1 saturated heterocycles. The third-order valence-corrected chi connectivity index (χ3v) is 5.69.